The number of benzene rings is 2. The zero-order chi connectivity index (χ0) is 29.7. The van der Waals surface area contributed by atoms with E-state index in [1.54, 1.807) is 32.9 Å². The molecule has 0 heterocycles. The first kappa shape index (κ1) is 31.9. The molecule has 0 radical (unpaired) electrons. The average molecular weight is 566 g/mol. The third kappa shape index (κ3) is 12.5. The maximum atomic E-state index is 12.7. The minimum absolute atomic E-state index is 0.00476. The van der Waals surface area contributed by atoms with Crippen LogP contribution >= 0.6 is 0 Å². The van der Waals surface area contributed by atoms with E-state index >= 15 is 0 Å². The number of nitro benzene ring substituents is 1. The predicted molar refractivity (Wildman–Crippen MR) is 135 cm³/mol. The summed E-state index contributed by atoms with van der Waals surface area (Å²) in [5.74, 6) is -0.538. The highest BCUT2D eigenvalue weighted by Gasteiger charge is 2.26. The Balaban J connectivity index is 1.96. The molecule has 2 aromatic carbocycles. The molecule has 0 aromatic heterocycles. The Morgan fingerprint density at radius 3 is 2.02 bits per heavy atom. The number of nitrogens with zero attached hydrogens (tertiary/aromatic N) is 2. The number of carbonyl (C=O) groups excluding carboxylic acids is 3. The van der Waals surface area contributed by atoms with E-state index in [0.29, 0.717) is 18.4 Å². The molecule has 0 aliphatic carbocycles. The van der Waals surface area contributed by atoms with Gasteiger partial charge in [-0.15, -0.1) is 0 Å². The molecule has 0 spiro atoms. The maximum absolute atomic E-state index is 12.7. The minimum atomic E-state index is -1.10. The molecule has 2 aromatic rings. The lowest BCUT2D eigenvalue weighted by Crippen LogP contribution is -2.45. The molecule has 218 valence electrons. The first-order chi connectivity index (χ1) is 18.8. The fourth-order valence-electron chi connectivity index (χ4n) is 3.05. The molecule has 15 heteroatoms. The molecule has 0 aliphatic heterocycles. The van der Waals surface area contributed by atoms with Gasteiger partial charge in [-0.1, -0.05) is 12.1 Å². The van der Waals surface area contributed by atoms with Gasteiger partial charge in [0.15, 0.2) is 0 Å². The lowest BCUT2D eigenvalue weighted by atomic mass is 10.1. The summed E-state index contributed by atoms with van der Waals surface area (Å²) in [6, 6.07) is 9.81. The van der Waals surface area contributed by atoms with Crippen molar-refractivity contribution >= 4 is 23.9 Å². The molecule has 1 unspecified atom stereocenters. The summed E-state index contributed by atoms with van der Waals surface area (Å²) < 4.78 is 20.6. The second-order valence-corrected chi connectivity index (χ2v) is 9.21. The summed E-state index contributed by atoms with van der Waals surface area (Å²) >= 11 is 0. The monoisotopic (exact) mass is 565 g/mol. The van der Waals surface area contributed by atoms with Crippen LogP contribution in [0.2, 0.25) is 0 Å². The number of ether oxygens (including phenoxy) is 4. The summed E-state index contributed by atoms with van der Waals surface area (Å²) in [6.45, 7) is 5.00. The van der Waals surface area contributed by atoms with Crippen LogP contribution in [0.5, 0.6) is 11.5 Å². The summed E-state index contributed by atoms with van der Waals surface area (Å²) in [6.07, 6.45) is -1.13. The van der Waals surface area contributed by atoms with Crippen LogP contribution in [-0.2, 0) is 25.5 Å². The topological polar surface area (TPSA) is 196 Å². The van der Waals surface area contributed by atoms with Gasteiger partial charge in [0.25, 0.3) is 5.69 Å². The smallest absolute Gasteiger partial charge is 0.464 e. The molecule has 0 bridgehead atoms. The van der Waals surface area contributed by atoms with E-state index in [2.05, 4.69) is 10.2 Å². The molecule has 0 fully saturated rings. The quantitative estimate of drug-likeness (QED) is 0.104. The van der Waals surface area contributed by atoms with Gasteiger partial charge in [-0.3, -0.25) is 25.4 Å². The van der Waals surface area contributed by atoms with Crippen molar-refractivity contribution in [3.05, 3.63) is 64.2 Å². The molecule has 3 N–H and O–H groups in total. The third-order valence-corrected chi connectivity index (χ3v) is 4.78. The number of alkyl carbamates (subject to hydrolysis) is 1. The van der Waals surface area contributed by atoms with Crippen molar-refractivity contribution in [3.63, 3.8) is 0 Å². The Labute approximate surface area is 229 Å². The summed E-state index contributed by atoms with van der Waals surface area (Å²) in [7, 11) is 0. The number of hydrogen-bond acceptors (Lipinski definition) is 13. The molecule has 1 amide bonds. The Hall–Kier alpha value is -4.31. The number of hydrogen-bond donors (Lipinski definition) is 3. The summed E-state index contributed by atoms with van der Waals surface area (Å²) in [5, 5.41) is 29.8. The fraction of sp³-hybridized carbons (Fsp3) is 0.400. The largest absolute Gasteiger partial charge is 0.519 e. The van der Waals surface area contributed by atoms with E-state index in [0.717, 1.165) is 0 Å². The molecule has 2 rings (SSSR count). The van der Waals surface area contributed by atoms with E-state index < -0.39 is 40.2 Å². The lowest BCUT2D eigenvalue weighted by molar-refractivity contribution is -0.492. The number of amides is 1. The van der Waals surface area contributed by atoms with Crippen molar-refractivity contribution in [2.75, 3.05) is 13.2 Å². The van der Waals surface area contributed by atoms with Gasteiger partial charge < -0.3 is 24.3 Å². The van der Waals surface area contributed by atoms with Crippen LogP contribution in [-0.4, -0.2) is 63.8 Å². The van der Waals surface area contributed by atoms with E-state index in [-0.39, 0.29) is 36.8 Å². The number of non-ortho nitro benzene ring substituents is 1. The van der Waals surface area contributed by atoms with Crippen molar-refractivity contribution in [2.24, 2.45) is 0 Å². The normalized spacial score (nSPS) is 11.8. The zero-order valence-electron chi connectivity index (χ0n) is 22.1. The van der Waals surface area contributed by atoms with Crippen molar-refractivity contribution in [3.8, 4) is 11.5 Å². The Bertz CT molecular complexity index is 1130. The van der Waals surface area contributed by atoms with Gasteiger partial charge >= 0.3 is 18.2 Å². The van der Waals surface area contributed by atoms with Crippen LogP contribution in [0.4, 0.5) is 15.3 Å². The van der Waals surface area contributed by atoms with Crippen LogP contribution in [0, 0.1) is 10.1 Å². The van der Waals surface area contributed by atoms with E-state index in [4.69, 9.17) is 29.4 Å². The Morgan fingerprint density at radius 1 is 0.950 bits per heavy atom. The van der Waals surface area contributed by atoms with Gasteiger partial charge in [-0.2, -0.15) is 0 Å². The van der Waals surface area contributed by atoms with E-state index in [1.165, 1.54) is 36.4 Å². The molecular formula is C25H31N3O12. The van der Waals surface area contributed by atoms with Gasteiger partial charge in [-0.05, 0) is 63.4 Å². The molecule has 15 nitrogen and oxygen atoms in total. The number of unbranched alkanes of at least 4 members (excludes halogenated alkanes) is 1. The fourth-order valence-corrected chi connectivity index (χ4v) is 3.05. The standard InChI is InChI=1S/C25H31N3O12/c1-25(2,3)40-23(30)26-21(22(29)36-14-4-5-15-37-28(34)35)16-17-6-10-19(11-7-17)38-24(31)39-20-12-8-18(9-13-20)27(32)33/h6-13,21,34-35H,4-5,14-16H2,1-3H3,(H,26,30). The SMILES string of the molecule is CC(C)(C)OC(=O)NC(Cc1ccc(OC(=O)Oc2ccc([N+](=O)[O-])cc2)cc1)C(=O)OCCCCON(O)O. The number of rotatable bonds is 13. The first-order valence-electron chi connectivity index (χ1n) is 12.0. The van der Waals surface area contributed by atoms with Gasteiger partial charge in [0, 0.05) is 18.6 Å². The highest BCUT2D eigenvalue weighted by atomic mass is 17.1. The number of carbonyl (C=O) groups is 3. The number of nitrogens with one attached hydrogen (secondary N) is 1. The Kier molecular flexibility index (Phi) is 12.2. The highest BCUT2D eigenvalue weighted by molar-refractivity contribution is 5.81. The first-order valence-corrected chi connectivity index (χ1v) is 12.0. The summed E-state index contributed by atoms with van der Waals surface area (Å²) in [4.78, 5) is 51.6. The average Bonchev–Trinajstić information content (AvgIpc) is 2.85. The lowest BCUT2D eigenvalue weighted by Gasteiger charge is -2.23. The van der Waals surface area contributed by atoms with Crippen LogP contribution in [0.3, 0.4) is 0 Å². The highest BCUT2D eigenvalue weighted by Crippen LogP contribution is 2.19. The van der Waals surface area contributed by atoms with E-state index in [1.807, 2.05) is 0 Å². The number of esters is 1. The second kappa shape index (κ2) is 15.3. The van der Waals surface area contributed by atoms with Gasteiger partial charge in [0.2, 0.25) is 0 Å². The summed E-state index contributed by atoms with van der Waals surface area (Å²) in [5.41, 5.74) is -0.367. The van der Waals surface area contributed by atoms with Crippen molar-refractivity contribution in [2.45, 2.75) is 51.7 Å². The zero-order valence-corrected chi connectivity index (χ0v) is 22.1. The van der Waals surface area contributed by atoms with Crippen LogP contribution in [0.1, 0.15) is 39.2 Å². The van der Waals surface area contributed by atoms with Crippen LogP contribution < -0.4 is 14.8 Å². The molecule has 0 saturated heterocycles. The molecule has 0 saturated carbocycles. The maximum Gasteiger partial charge on any atom is 0.519 e. The van der Waals surface area contributed by atoms with Crippen LogP contribution in [0.25, 0.3) is 0 Å². The molecule has 1 atom stereocenters. The third-order valence-electron chi connectivity index (χ3n) is 4.78. The van der Waals surface area contributed by atoms with Gasteiger partial charge in [0.05, 0.1) is 23.5 Å². The van der Waals surface area contributed by atoms with Gasteiger partial charge in [0.1, 0.15) is 23.1 Å². The van der Waals surface area contributed by atoms with E-state index in [9.17, 15) is 24.5 Å². The Morgan fingerprint density at radius 2 is 1.50 bits per heavy atom. The number of nitro groups is 1. The van der Waals surface area contributed by atoms with Crippen molar-refractivity contribution < 1.29 is 53.5 Å². The van der Waals surface area contributed by atoms with Crippen LogP contribution in [0.15, 0.2) is 48.5 Å². The van der Waals surface area contributed by atoms with Crippen molar-refractivity contribution in [1.29, 1.82) is 0 Å². The molecule has 0 aliphatic rings. The molecule has 40 heavy (non-hydrogen) atoms. The second-order valence-electron chi connectivity index (χ2n) is 9.21. The van der Waals surface area contributed by atoms with Crippen molar-refractivity contribution in [1.82, 2.24) is 10.7 Å². The predicted octanol–water partition coefficient (Wildman–Crippen LogP) is 3.94. The van der Waals surface area contributed by atoms with Gasteiger partial charge in [-0.25, -0.2) is 14.4 Å². The minimum Gasteiger partial charge on any atom is -0.464 e. The molecular weight excluding hydrogens is 534 g/mol.